The van der Waals surface area contributed by atoms with Crippen molar-refractivity contribution in [1.29, 1.82) is 0 Å². The van der Waals surface area contributed by atoms with Crippen LogP contribution in [0.5, 0.6) is 0 Å². The molecule has 1 aliphatic rings. The molecule has 0 aliphatic carbocycles. The van der Waals surface area contributed by atoms with Gasteiger partial charge in [0, 0.05) is 31.0 Å². The van der Waals surface area contributed by atoms with Gasteiger partial charge in [0.25, 0.3) is 5.91 Å². The number of likely N-dealkylation sites (tertiary alicyclic amines) is 1. The minimum Gasteiger partial charge on any atom is -0.350 e. The first-order valence-electron chi connectivity index (χ1n) is 7.51. The number of nitrogens with one attached hydrogen (secondary N) is 1. The van der Waals surface area contributed by atoms with E-state index in [1.807, 2.05) is 19.1 Å². The third kappa shape index (κ3) is 4.04. The normalized spacial score (nSPS) is 21.4. The number of pyridine rings is 1. The number of aromatic nitrogens is 1. The fourth-order valence-electron chi connectivity index (χ4n) is 2.70. The van der Waals surface area contributed by atoms with Crippen molar-refractivity contribution >= 4 is 5.91 Å². The van der Waals surface area contributed by atoms with Crippen molar-refractivity contribution < 1.29 is 4.79 Å². The highest BCUT2D eigenvalue weighted by Crippen LogP contribution is 2.17. The zero-order valence-electron chi connectivity index (χ0n) is 12.7. The van der Waals surface area contributed by atoms with Gasteiger partial charge in [0.2, 0.25) is 0 Å². The molecule has 0 unspecified atom stereocenters. The van der Waals surface area contributed by atoms with E-state index in [-0.39, 0.29) is 5.91 Å². The van der Waals surface area contributed by atoms with Gasteiger partial charge in [0.05, 0.1) is 5.56 Å². The molecule has 1 amide bonds. The Morgan fingerprint density at radius 2 is 2.35 bits per heavy atom. The lowest BCUT2D eigenvalue weighted by Gasteiger charge is -2.35. The number of hydrogen-bond acceptors (Lipinski definition) is 3. The first-order valence-corrected chi connectivity index (χ1v) is 7.51. The summed E-state index contributed by atoms with van der Waals surface area (Å²) >= 11 is 0. The molecule has 110 valence electrons. The van der Waals surface area contributed by atoms with Crippen LogP contribution < -0.4 is 5.32 Å². The highest BCUT2D eigenvalue weighted by molar-refractivity contribution is 5.93. The minimum absolute atomic E-state index is 0.0330. The van der Waals surface area contributed by atoms with Gasteiger partial charge in [-0.25, -0.2) is 0 Å². The number of piperidine rings is 1. The fourth-order valence-corrected chi connectivity index (χ4v) is 2.70. The van der Waals surface area contributed by atoms with E-state index in [1.54, 1.807) is 6.20 Å². The lowest BCUT2D eigenvalue weighted by molar-refractivity contribution is 0.0917. The van der Waals surface area contributed by atoms with Crippen molar-refractivity contribution in [2.75, 3.05) is 19.6 Å². The lowest BCUT2D eigenvalue weighted by atomic mass is 9.99. The maximum absolute atomic E-state index is 12.0. The van der Waals surface area contributed by atoms with Crippen molar-refractivity contribution in [2.45, 2.75) is 39.7 Å². The van der Waals surface area contributed by atoms with Crippen molar-refractivity contribution in [1.82, 2.24) is 15.2 Å². The maximum Gasteiger partial charge on any atom is 0.252 e. The average molecular weight is 275 g/mol. The molecule has 0 radical (unpaired) electrons. The quantitative estimate of drug-likeness (QED) is 0.916. The van der Waals surface area contributed by atoms with Crippen LogP contribution in [0.1, 0.15) is 42.7 Å². The summed E-state index contributed by atoms with van der Waals surface area (Å²) in [6.45, 7) is 9.39. The SMILES string of the molecule is Cc1ccc(C(=O)NC[C@H](C)N2CCC[C@@H](C)C2)cn1. The maximum atomic E-state index is 12.0. The monoisotopic (exact) mass is 275 g/mol. The smallest absolute Gasteiger partial charge is 0.252 e. The van der Waals surface area contributed by atoms with Crippen LogP contribution in [0, 0.1) is 12.8 Å². The average Bonchev–Trinajstić information content (AvgIpc) is 2.45. The van der Waals surface area contributed by atoms with Gasteiger partial charge in [0.15, 0.2) is 0 Å². The molecule has 0 spiro atoms. The Labute approximate surface area is 121 Å². The zero-order valence-corrected chi connectivity index (χ0v) is 12.7. The van der Waals surface area contributed by atoms with Crippen molar-refractivity contribution in [3.8, 4) is 0 Å². The van der Waals surface area contributed by atoms with Crippen LogP contribution in [0.4, 0.5) is 0 Å². The summed E-state index contributed by atoms with van der Waals surface area (Å²) in [4.78, 5) is 18.7. The van der Waals surface area contributed by atoms with E-state index in [1.165, 1.54) is 12.8 Å². The Hall–Kier alpha value is -1.42. The Kier molecular flexibility index (Phi) is 5.12. The molecule has 1 saturated heterocycles. The number of carbonyl (C=O) groups excluding carboxylic acids is 1. The summed E-state index contributed by atoms with van der Waals surface area (Å²) < 4.78 is 0. The number of nitrogens with zero attached hydrogens (tertiary/aromatic N) is 2. The van der Waals surface area contributed by atoms with Gasteiger partial charge in [0.1, 0.15) is 0 Å². The summed E-state index contributed by atoms with van der Waals surface area (Å²) in [5.74, 6) is 0.734. The molecule has 1 N–H and O–H groups in total. The number of amides is 1. The zero-order chi connectivity index (χ0) is 14.5. The topological polar surface area (TPSA) is 45.2 Å². The molecule has 1 aliphatic heterocycles. The molecule has 1 aromatic rings. The molecule has 4 nitrogen and oxygen atoms in total. The van der Waals surface area contributed by atoms with Gasteiger partial charge in [-0.3, -0.25) is 14.7 Å². The second-order valence-corrected chi connectivity index (χ2v) is 5.99. The molecule has 4 heteroatoms. The minimum atomic E-state index is -0.0330. The highest BCUT2D eigenvalue weighted by Gasteiger charge is 2.21. The van der Waals surface area contributed by atoms with E-state index in [0.29, 0.717) is 18.2 Å². The van der Waals surface area contributed by atoms with Crippen LogP contribution in [0.2, 0.25) is 0 Å². The van der Waals surface area contributed by atoms with Crippen molar-refractivity contribution in [2.24, 2.45) is 5.92 Å². The molecule has 20 heavy (non-hydrogen) atoms. The summed E-state index contributed by atoms with van der Waals surface area (Å²) in [5, 5.41) is 3.01. The molecule has 2 rings (SSSR count). The largest absolute Gasteiger partial charge is 0.350 e. The molecule has 1 fully saturated rings. The van der Waals surface area contributed by atoms with Crippen LogP contribution in [-0.2, 0) is 0 Å². The number of rotatable bonds is 4. The summed E-state index contributed by atoms with van der Waals surface area (Å²) in [6.07, 6.45) is 4.23. The highest BCUT2D eigenvalue weighted by atomic mass is 16.1. The van der Waals surface area contributed by atoms with Gasteiger partial charge >= 0.3 is 0 Å². The molecule has 2 heterocycles. The van der Waals surface area contributed by atoms with Crippen LogP contribution in [0.3, 0.4) is 0 Å². The predicted molar refractivity (Wildman–Crippen MR) is 80.7 cm³/mol. The van der Waals surface area contributed by atoms with E-state index in [4.69, 9.17) is 0 Å². The van der Waals surface area contributed by atoms with E-state index in [2.05, 4.69) is 29.0 Å². The first-order chi connectivity index (χ1) is 9.56. The van der Waals surface area contributed by atoms with E-state index < -0.39 is 0 Å². The summed E-state index contributed by atoms with van der Waals surface area (Å²) in [7, 11) is 0. The van der Waals surface area contributed by atoms with Crippen LogP contribution in [0.25, 0.3) is 0 Å². The van der Waals surface area contributed by atoms with E-state index in [9.17, 15) is 4.79 Å². The van der Waals surface area contributed by atoms with Gasteiger partial charge in [-0.2, -0.15) is 0 Å². The van der Waals surface area contributed by atoms with Gasteiger partial charge in [-0.05, 0) is 51.3 Å². The van der Waals surface area contributed by atoms with Crippen LogP contribution in [-0.4, -0.2) is 41.5 Å². The van der Waals surface area contributed by atoms with E-state index >= 15 is 0 Å². The lowest BCUT2D eigenvalue weighted by Crippen LogP contribution is -2.46. The van der Waals surface area contributed by atoms with Crippen LogP contribution in [0.15, 0.2) is 18.3 Å². The molecular formula is C16H25N3O. The predicted octanol–water partition coefficient (Wildman–Crippen LogP) is 2.24. The first kappa shape index (κ1) is 15.0. The number of hydrogen-bond donors (Lipinski definition) is 1. The Morgan fingerprint density at radius 3 is 3.00 bits per heavy atom. The second kappa shape index (κ2) is 6.84. The molecule has 0 bridgehead atoms. The molecule has 2 atom stereocenters. The number of aryl methyl sites for hydroxylation is 1. The third-order valence-corrected chi connectivity index (χ3v) is 4.04. The molecule has 0 aromatic carbocycles. The second-order valence-electron chi connectivity index (χ2n) is 5.99. The third-order valence-electron chi connectivity index (χ3n) is 4.04. The van der Waals surface area contributed by atoms with E-state index in [0.717, 1.165) is 24.7 Å². The fraction of sp³-hybridized carbons (Fsp3) is 0.625. The molecule has 1 aromatic heterocycles. The van der Waals surface area contributed by atoms with Crippen molar-refractivity contribution in [3.63, 3.8) is 0 Å². The Bertz CT molecular complexity index is 444. The Balaban J connectivity index is 1.82. The summed E-state index contributed by atoms with van der Waals surface area (Å²) in [5.41, 5.74) is 1.56. The molecule has 0 saturated carbocycles. The van der Waals surface area contributed by atoms with Crippen LogP contribution >= 0.6 is 0 Å². The Morgan fingerprint density at radius 1 is 1.55 bits per heavy atom. The summed E-state index contributed by atoms with van der Waals surface area (Å²) in [6, 6.07) is 4.08. The van der Waals surface area contributed by atoms with Gasteiger partial charge in [-0.15, -0.1) is 0 Å². The number of carbonyl (C=O) groups is 1. The van der Waals surface area contributed by atoms with Crippen molar-refractivity contribution in [3.05, 3.63) is 29.6 Å². The van der Waals surface area contributed by atoms with Gasteiger partial charge in [-0.1, -0.05) is 6.92 Å². The van der Waals surface area contributed by atoms with Gasteiger partial charge < -0.3 is 5.32 Å². The molecular weight excluding hydrogens is 250 g/mol. The standard InChI is InChI=1S/C16H25N3O/c1-12-5-4-8-19(11-12)14(3)9-18-16(20)15-7-6-13(2)17-10-15/h6-7,10,12,14H,4-5,8-9,11H2,1-3H3,(H,18,20)/t12-,14+/m1/s1.